The molecular formula is C21H20N2O3. The lowest BCUT2D eigenvalue weighted by Gasteiger charge is -2.29. The summed E-state index contributed by atoms with van der Waals surface area (Å²) in [7, 11) is 0. The summed E-state index contributed by atoms with van der Waals surface area (Å²) in [4.78, 5) is 28.6. The first-order valence-electron chi connectivity index (χ1n) is 8.89. The maximum atomic E-state index is 12.8. The first-order valence-corrected chi connectivity index (χ1v) is 8.89. The van der Waals surface area contributed by atoms with Crippen LogP contribution < -0.4 is 9.80 Å². The second kappa shape index (κ2) is 6.67. The van der Waals surface area contributed by atoms with E-state index < -0.39 is 17.6 Å². The number of piperidine rings is 1. The predicted octanol–water partition coefficient (Wildman–Crippen LogP) is 3.52. The first-order chi connectivity index (χ1) is 12.7. The van der Waals surface area contributed by atoms with E-state index in [0.717, 1.165) is 23.7 Å². The van der Waals surface area contributed by atoms with Crippen LogP contribution in [0.25, 0.3) is 5.57 Å². The number of anilines is 2. The number of benzene rings is 2. The van der Waals surface area contributed by atoms with Crippen molar-refractivity contribution in [1.82, 2.24) is 0 Å². The van der Waals surface area contributed by atoms with Gasteiger partial charge < -0.3 is 10.0 Å². The minimum atomic E-state index is -0.681. The number of aliphatic hydroxyl groups is 1. The monoisotopic (exact) mass is 348 g/mol. The number of imide groups is 1. The van der Waals surface area contributed by atoms with E-state index in [2.05, 4.69) is 4.90 Å². The Bertz CT molecular complexity index is 866. The van der Waals surface area contributed by atoms with Crippen molar-refractivity contribution in [3.05, 3.63) is 65.9 Å². The molecule has 26 heavy (non-hydrogen) atoms. The van der Waals surface area contributed by atoms with E-state index in [1.807, 2.05) is 18.2 Å². The van der Waals surface area contributed by atoms with Gasteiger partial charge in [-0.2, -0.15) is 0 Å². The maximum Gasteiger partial charge on any atom is 0.301 e. The van der Waals surface area contributed by atoms with Crippen molar-refractivity contribution in [2.75, 3.05) is 22.9 Å². The molecule has 0 radical (unpaired) electrons. The van der Waals surface area contributed by atoms with Crippen molar-refractivity contribution in [3.63, 3.8) is 0 Å². The van der Waals surface area contributed by atoms with Gasteiger partial charge in [0.15, 0.2) is 5.76 Å². The van der Waals surface area contributed by atoms with Crippen LogP contribution in [0.1, 0.15) is 24.8 Å². The molecule has 2 aromatic rings. The Morgan fingerprint density at radius 3 is 2.00 bits per heavy atom. The third-order valence-corrected chi connectivity index (χ3v) is 4.95. The molecule has 1 N–H and O–H groups in total. The largest absolute Gasteiger partial charge is 0.502 e. The molecule has 2 aliphatic heterocycles. The number of amides is 2. The summed E-state index contributed by atoms with van der Waals surface area (Å²) < 4.78 is 0. The smallest absolute Gasteiger partial charge is 0.301 e. The van der Waals surface area contributed by atoms with Crippen molar-refractivity contribution in [2.24, 2.45) is 0 Å². The van der Waals surface area contributed by atoms with Gasteiger partial charge in [0.05, 0.1) is 11.3 Å². The van der Waals surface area contributed by atoms with Crippen LogP contribution in [0.2, 0.25) is 0 Å². The van der Waals surface area contributed by atoms with E-state index in [4.69, 9.17) is 0 Å². The summed E-state index contributed by atoms with van der Waals surface area (Å²) in [6.45, 7) is 2.06. The third-order valence-electron chi connectivity index (χ3n) is 4.95. The molecule has 1 saturated heterocycles. The lowest BCUT2D eigenvalue weighted by molar-refractivity contribution is -0.121. The quantitative estimate of drug-likeness (QED) is 0.862. The molecule has 0 unspecified atom stereocenters. The summed E-state index contributed by atoms with van der Waals surface area (Å²) >= 11 is 0. The fourth-order valence-electron chi connectivity index (χ4n) is 3.58. The van der Waals surface area contributed by atoms with Crippen LogP contribution in [0, 0.1) is 0 Å². The Balaban J connectivity index is 1.61. The Labute approximate surface area is 152 Å². The van der Waals surface area contributed by atoms with Gasteiger partial charge in [-0.1, -0.05) is 30.3 Å². The molecule has 0 aromatic heterocycles. The molecule has 2 aromatic carbocycles. The molecule has 0 spiro atoms. The minimum Gasteiger partial charge on any atom is -0.502 e. The number of carbonyl (C=O) groups excluding carboxylic acids is 2. The van der Waals surface area contributed by atoms with E-state index >= 15 is 0 Å². The molecule has 2 heterocycles. The summed E-state index contributed by atoms with van der Waals surface area (Å²) in [6.07, 6.45) is 3.63. The lowest BCUT2D eigenvalue weighted by Crippen LogP contribution is -2.32. The Hall–Kier alpha value is -3.08. The van der Waals surface area contributed by atoms with Gasteiger partial charge >= 0.3 is 5.91 Å². The Morgan fingerprint density at radius 2 is 1.35 bits per heavy atom. The molecule has 132 valence electrons. The fraction of sp³-hybridized carbons (Fsp3) is 0.238. The number of nitrogens with zero attached hydrogens (tertiary/aromatic N) is 2. The van der Waals surface area contributed by atoms with Crippen LogP contribution >= 0.6 is 0 Å². The standard InChI is InChI=1S/C21H20N2O3/c24-19-18(15-7-3-1-4-8-15)20(25)23(21(19)26)17-11-9-16(10-12-17)22-13-5-2-6-14-22/h1,3-4,7-12,24H,2,5-6,13-14H2. The van der Waals surface area contributed by atoms with Crippen LogP contribution in [-0.4, -0.2) is 30.0 Å². The van der Waals surface area contributed by atoms with Gasteiger partial charge in [-0.15, -0.1) is 0 Å². The summed E-state index contributed by atoms with van der Waals surface area (Å²) in [5.74, 6) is -1.68. The molecule has 0 atom stereocenters. The molecule has 2 amide bonds. The van der Waals surface area contributed by atoms with Crippen molar-refractivity contribution < 1.29 is 14.7 Å². The zero-order chi connectivity index (χ0) is 18.1. The van der Waals surface area contributed by atoms with Gasteiger partial charge in [0.1, 0.15) is 0 Å². The highest BCUT2D eigenvalue weighted by Gasteiger charge is 2.40. The van der Waals surface area contributed by atoms with Gasteiger partial charge in [0.2, 0.25) is 0 Å². The van der Waals surface area contributed by atoms with Crippen molar-refractivity contribution in [3.8, 4) is 0 Å². The van der Waals surface area contributed by atoms with Crippen molar-refractivity contribution >= 4 is 28.8 Å². The molecule has 5 heteroatoms. The van der Waals surface area contributed by atoms with Gasteiger partial charge in [-0.3, -0.25) is 9.59 Å². The van der Waals surface area contributed by atoms with Gasteiger partial charge in [0.25, 0.3) is 5.91 Å². The zero-order valence-corrected chi connectivity index (χ0v) is 14.4. The molecule has 1 fully saturated rings. The van der Waals surface area contributed by atoms with E-state index in [-0.39, 0.29) is 5.57 Å². The fourth-order valence-corrected chi connectivity index (χ4v) is 3.58. The molecule has 2 aliphatic rings. The molecule has 0 aliphatic carbocycles. The van der Waals surface area contributed by atoms with Gasteiger partial charge in [0, 0.05) is 18.8 Å². The molecule has 0 saturated carbocycles. The topological polar surface area (TPSA) is 60.9 Å². The van der Waals surface area contributed by atoms with E-state index in [1.54, 1.807) is 36.4 Å². The van der Waals surface area contributed by atoms with Crippen molar-refractivity contribution in [2.45, 2.75) is 19.3 Å². The van der Waals surface area contributed by atoms with Crippen LogP contribution in [0.4, 0.5) is 11.4 Å². The third kappa shape index (κ3) is 2.75. The predicted molar refractivity (Wildman–Crippen MR) is 101 cm³/mol. The van der Waals surface area contributed by atoms with Crippen LogP contribution in [0.15, 0.2) is 60.4 Å². The highest BCUT2D eigenvalue weighted by Crippen LogP contribution is 2.32. The number of aliphatic hydroxyl groups excluding tert-OH is 1. The molecule has 4 rings (SSSR count). The summed E-state index contributed by atoms with van der Waals surface area (Å²) in [5, 5.41) is 10.2. The lowest BCUT2D eigenvalue weighted by atomic mass is 10.1. The van der Waals surface area contributed by atoms with E-state index in [1.165, 1.54) is 19.3 Å². The number of rotatable bonds is 3. The van der Waals surface area contributed by atoms with Crippen LogP contribution in [0.5, 0.6) is 0 Å². The SMILES string of the molecule is O=C1C(O)=C(c2ccccc2)C(=O)N1c1ccc(N2CCCCC2)cc1. The summed E-state index contributed by atoms with van der Waals surface area (Å²) in [6, 6.07) is 16.2. The highest BCUT2D eigenvalue weighted by atomic mass is 16.3. The van der Waals surface area contributed by atoms with Crippen LogP contribution in [-0.2, 0) is 9.59 Å². The normalized spacial score (nSPS) is 18.0. The second-order valence-corrected chi connectivity index (χ2v) is 6.60. The molecular weight excluding hydrogens is 328 g/mol. The Kier molecular flexibility index (Phi) is 4.21. The number of carbonyl (C=O) groups is 2. The first kappa shape index (κ1) is 16.4. The Morgan fingerprint density at radius 1 is 0.731 bits per heavy atom. The number of hydrogen-bond donors (Lipinski definition) is 1. The van der Waals surface area contributed by atoms with E-state index in [9.17, 15) is 14.7 Å². The summed E-state index contributed by atoms with van der Waals surface area (Å²) in [5.41, 5.74) is 2.15. The van der Waals surface area contributed by atoms with Gasteiger partial charge in [-0.25, -0.2) is 4.90 Å². The van der Waals surface area contributed by atoms with Crippen LogP contribution in [0.3, 0.4) is 0 Å². The molecule has 0 bridgehead atoms. The average Bonchev–Trinajstić information content (AvgIpc) is 2.92. The highest BCUT2D eigenvalue weighted by molar-refractivity contribution is 6.44. The average molecular weight is 348 g/mol. The minimum absolute atomic E-state index is 0.0516. The number of hydrogen-bond acceptors (Lipinski definition) is 4. The molecule has 5 nitrogen and oxygen atoms in total. The second-order valence-electron chi connectivity index (χ2n) is 6.60. The van der Waals surface area contributed by atoms with Gasteiger partial charge in [-0.05, 0) is 49.1 Å². The zero-order valence-electron chi connectivity index (χ0n) is 14.4. The maximum absolute atomic E-state index is 12.8. The van der Waals surface area contributed by atoms with Crippen molar-refractivity contribution in [1.29, 1.82) is 0 Å². The van der Waals surface area contributed by atoms with E-state index in [0.29, 0.717) is 11.3 Å².